The number of phosphoric ester groups is 1. The number of phenolic OH excluding ortho intramolecular Hbond substituents is 1. The first kappa shape index (κ1) is 67.3. The zero-order valence-electron chi connectivity index (χ0n) is 49.0. The summed E-state index contributed by atoms with van der Waals surface area (Å²) in [7, 11) is -1.93. The third-order valence-corrected chi connectivity index (χ3v) is 15.9. The topological polar surface area (TPSA) is 288 Å². The largest absolute Gasteiger partial charge is 0.530 e. The minimum atomic E-state index is -4.62. The lowest BCUT2D eigenvalue weighted by atomic mass is 9.93. The molecule has 1 heterocycles. The summed E-state index contributed by atoms with van der Waals surface area (Å²) in [5.74, 6) is -5.76. The molecule has 5 atom stereocenters. The van der Waals surface area contributed by atoms with E-state index in [0.29, 0.717) is 29.4 Å². The SMILES string of the molecule is CCCCCCCCCCCCCCCC(=O)N(C)[C@H](CO)C(=O)N[C@H](C)C(=O)NCC(=O)N(C)[C@@H]1C(=O)N[C@@H](C)C(=O)N[C@H](C(=O)NCC=O)Cc2ccc(O)c(c2)-c2cc1ccc2OP(=O)(OCc1ccccc1)OCc1ccccc1. The van der Waals surface area contributed by atoms with E-state index in [0.717, 1.165) is 35.5 Å². The molecule has 0 unspecified atom stereocenters. The van der Waals surface area contributed by atoms with Crippen LogP contribution in [0.1, 0.15) is 139 Å². The smallest absolute Gasteiger partial charge is 0.507 e. The van der Waals surface area contributed by atoms with Crippen molar-refractivity contribution in [1.29, 1.82) is 0 Å². The number of carbonyl (C=O) groups excluding carboxylic acids is 8. The number of rotatable bonds is 33. The lowest BCUT2D eigenvalue weighted by Gasteiger charge is -2.30. The highest BCUT2D eigenvalue weighted by Crippen LogP contribution is 2.54. The van der Waals surface area contributed by atoms with E-state index in [1.54, 1.807) is 60.7 Å². The summed E-state index contributed by atoms with van der Waals surface area (Å²) in [6.45, 7) is 2.70. The average molecular weight is 1180 g/mol. The van der Waals surface area contributed by atoms with Crippen LogP contribution < -0.4 is 31.1 Å². The minimum Gasteiger partial charge on any atom is -0.507 e. The number of unbranched alkanes of at least 4 members (excludes halogenated alkanes) is 12. The second kappa shape index (κ2) is 35.0. The molecule has 1 aliphatic rings. The van der Waals surface area contributed by atoms with Crippen molar-refractivity contribution >= 4 is 55.5 Å². The van der Waals surface area contributed by atoms with Crippen molar-refractivity contribution in [2.45, 2.75) is 161 Å². The molecule has 22 heteroatoms. The van der Waals surface area contributed by atoms with Gasteiger partial charge in [0.1, 0.15) is 48.0 Å². The van der Waals surface area contributed by atoms with Crippen LogP contribution in [0.25, 0.3) is 11.1 Å². The van der Waals surface area contributed by atoms with E-state index >= 15 is 0 Å². The predicted molar refractivity (Wildman–Crippen MR) is 317 cm³/mol. The summed E-state index contributed by atoms with van der Waals surface area (Å²) >= 11 is 0. The van der Waals surface area contributed by atoms with E-state index in [-0.39, 0.29) is 66.7 Å². The zero-order chi connectivity index (χ0) is 61.0. The van der Waals surface area contributed by atoms with Gasteiger partial charge in [0, 0.05) is 38.1 Å². The van der Waals surface area contributed by atoms with Crippen molar-refractivity contribution in [3.05, 3.63) is 119 Å². The van der Waals surface area contributed by atoms with Gasteiger partial charge in [0.25, 0.3) is 0 Å². The van der Waals surface area contributed by atoms with Gasteiger partial charge in [-0.15, -0.1) is 0 Å². The maximum Gasteiger partial charge on any atom is 0.530 e. The van der Waals surface area contributed by atoms with E-state index in [9.17, 15) is 53.1 Å². The maximum absolute atomic E-state index is 14.9. The Bertz CT molecular complexity index is 2810. The fourth-order valence-electron chi connectivity index (χ4n) is 9.50. The number of nitrogens with zero attached hydrogens (tertiary/aromatic N) is 2. The molecule has 0 aliphatic carbocycles. The summed E-state index contributed by atoms with van der Waals surface area (Å²) in [5.41, 5.74) is 1.78. The highest BCUT2D eigenvalue weighted by molar-refractivity contribution is 7.48. The molecule has 7 N–H and O–H groups in total. The molecule has 0 radical (unpaired) electrons. The molecule has 21 nitrogen and oxygen atoms in total. The number of amides is 7. The number of nitrogens with one attached hydrogen (secondary N) is 5. The van der Waals surface area contributed by atoms with Gasteiger partial charge in [-0.1, -0.05) is 157 Å². The summed E-state index contributed by atoms with van der Waals surface area (Å²) < 4.78 is 33.0. The van der Waals surface area contributed by atoms with Gasteiger partial charge in [-0.2, -0.15) is 0 Å². The van der Waals surface area contributed by atoms with Crippen LogP contribution in [0.3, 0.4) is 0 Å². The van der Waals surface area contributed by atoms with Gasteiger partial charge in [-0.25, -0.2) is 4.57 Å². The molecule has 4 bridgehead atoms. The van der Waals surface area contributed by atoms with Crippen LogP contribution in [0.2, 0.25) is 0 Å². The molecule has 0 saturated carbocycles. The Morgan fingerprint density at radius 2 is 1.31 bits per heavy atom. The first-order valence-corrected chi connectivity index (χ1v) is 30.5. The number of aliphatic hydroxyl groups is 1. The number of hydrogen-bond acceptors (Lipinski definition) is 14. The maximum atomic E-state index is 14.9. The fourth-order valence-corrected chi connectivity index (χ4v) is 10.7. The third kappa shape index (κ3) is 21.3. The Morgan fingerprint density at radius 1 is 0.726 bits per heavy atom. The van der Waals surface area contributed by atoms with Crippen LogP contribution in [-0.2, 0) is 71.6 Å². The number of carbonyl (C=O) groups is 8. The van der Waals surface area contributed by atoms with Crippen LogP contribution in [-0.4, -0.2) is 126 Å². The fraction of sp³-hybridized carbons (Fsp3) is 0.484. The molecule has 0 saturated heterocycles. The number of benzene rings is 4. The molecular weight excluding hydrogens is 1100 g/mol. The van der Waals surface area contributed by atoms with Gasteiger partial charge >= 0.3 is 7.82 Å². The molecule has 4 aromatic rings. The molecule has 1 aliphatic heterocycles. The van der Waals surface area contributed by atoms with Gasteiger partial charge in [0.05, 0.1) is 32.9 Å². The van der Waals surface area contributed by atoms with Gasteiger partial charge in [0.2, 0.25) is 41.4 Å². The van der Waals surface area contributed by atoms with Crippen molar-refractivity contribution in [2.24, 2.45) is 0 Å². The van der Waals surface area contributed by atoms with E-state index < -0.39 is 86.6 Å². The lowest BCUT2D eigenvalue weighted by molar-refractivity contribution is -0.142. The van der Waals surface area contributed by atoms with Crippen LogP contribution in [0.15, 0.2) is 97.1 Å². The van der Waals surface area contributed by atoms with Crippen molar-refractivity contribution < 1.29 is 66.7 Å². The first-order valence-electron chi connectivity index (χ1n) is 29.0. The van der Waals surface area contributed by atoms with E-state index in [4.69, 9.17) is 13.6 Å². The third-order valence-electron chi connectivity index (χ3n) is 14.6. The number of aromatic hydroxyl groups is 1. The first-order chi connectivity index (χ1) is 40.4. The number of aldehydes is 1. The summed E-state index contributed by atoms with van der Waals surface area (Å²) in [4.78, 5) is 110. The van der Waals surface area contributed by atoms with Crippen molar-refractivity contribution in [3.8, 4) is 22.6 Å². The van der Waals surface area contributed by atoms with Crippen LogP contribution in [0.4, 0.5) is 0 Å². The number of aliphatic hydroxyl groups excluding tert-OH is 1. The lowest BCUT2D eigenvalue weighted by Crippen LogP contribution is -2.56. The number of likely N-dealkylation sites (N-methyl/N-ethyl adjacent to an activating group) is 2. The minimum absolute atomic E-state index is 0.0134. The Balaban J connectivity index is 1.35. The standard InChI is InChI=1S/C62H84N7O14P/c1-6-7-8-9-10-11-12-13-14-15-16-17-24-29-55(73)68(4)52(40-71)61(78)65-43(2)58(75)64-39-56(74)69(5)57-48-31-33-54(83-84(80,81-41-45-25-20-18-21-26-45)82-42-46-27-22-19-23-28-46)50(38-48)49-36-47(30-32-53(49)72)37-51(60(77)63-34-35-70)67-59(76)44(3)66-62(57)79/h18-23,25-28,30-33,35-36,38,43-44,51-52,57,71-72H,6-17,24,29,34,37,39-42H2,1-5H3,(H,63,77)(H,64,75)(H,65,78)(H,66,79)(H,67,76)/t43-,44+,51+,52-,57+/m1/s1. The van der Waals surface area contributed by atoms with Crippen molar-refractivity contribution in [3.63, 3.8) is 0 Å². The second-order valence-corrected chi connectivity index (χ2v) is 22.7. The molecule has 7 amide bonds. The van der Waals surface area contributed by atoms with E-state index in [1.807, 2.05) is 0 Å². The highest BCUT2D eigenvalue weighted by atomic mass is 31.2. The Hall–Kier alpha value is -7.45. The van der Waals surface area contributed by atoms with Crippen molar-refractivity contribution in [1.82, 2.24) is 36.4 Å². The quantitative estimate of drug-likeness (QED) is 0.0140. The molecular formula is C62H84N7O14P. The monoisotopic (exact) mass is 1180 g/mol. The molecule has 5 rings (SSSR count). The van der Waals surface area contributed by atoms with Crippen molar-refractivity contribution in [2.75, 3.05) is 33.8 Å². The number of phenols is 1. The van der Waals surface area contributed by atoms with Gasteiger partial charge in [-0.3, -0.25) is 42.6 Å². The van der Waals surface area contributed by atoms with Crippen LogP contribution in [0, 0.1) is 0 Å². The van der Waals surface area contributed by atoms with Gasteiger partial charge in [0.15, 0.2) is 0 Å². The van der Waals surface area contributed by atoms with Crippen LogP contribution in [0.5, 0.6) is 11.5 Å². The Morgan fingerprint density at radius 3 is 1.88 bits per heavy atom. The van der Waals surface area contributed by atoms with Gasteiger partial charge in [-0.05, 0) is 66.8 Å². The molecule has 0 fully saturated rings. The van der Waals surface area contributed by atoms with Crippen LogP contribution >= 0.6 is 7.82 Å². The molecule has 4 aromatic carbocycles. The predicted octanol–water partition coefficient (Wildman–Crippen LogP) is 7.26. The summed E-state index contributed by atoms with van der Waals surface area (Å²) in [6.07, 6.45) is 15.4. The molecule has 456 valence electrons. The Kier molecular flexibility index (Phi) is 28.0. The normalized spacial score (nSPS) is 15.9. The number of fused-ring (bicyclic) bond motifs is 5. The number of hydrogen-bond donors (Lipinski definition) is 7. The van der Waals surface area contributed by atoms with Gasteiger partial charge < -0.3 is 55.9 Å². The average Bonchev–Trinajstić information content (AvgIpc) is 2.27. The molecule has 84 heavy (non-hydrogen) atoms. The summed E-state index contributed by atoms with van der Waals surface area (Å²) in [5, 5.41) is 34.5. The second-order valence-electron chi connectivity index (χ2n) is 21.1. The number of phosphoric acid groups is 1. The summed E-state index contributed by atoms with van der Waals surface area (Å²) in [6, 6.07) is 19.3. The highest BCUT2D eigenvalue weighted by Gasteiger charge is 2.36. The molecule has 0 aromatic heterocycles. The van der Waals surface area contributed by atoms with E-state index in [2.05, 4.69) is 33.5 Å². The Labute approximate surface area is 493 Å². The zero-order valence-corrected chi connectivity index (χ0v) is 49.9. The van der Waals surface area contributed by atoms with E-state index in [1.165, 1.54) is 116 Å². The molecule has 0 spiro atoms.